The minimum absolute atomic E-state index is 0.0940. The van der Waals surface area contributed by atoms with E-state index in [1.807, 2.05) is 20.8 Å². The number of benzene rings is 2. The fourth-order valence-corrected chi connectivity index (χ4v) is 4.16. The summed E-state index contributed by atoms with van der Waals surface area (Å²) in [6.07, 6.45) is -7.75. The highest BCUT2D eigenvalue weighted by atomic mass is 35.5. The minimum Gasteiger partial charge on any atom is -0.382 e. The van der Waals surface area contributed by atoms with Crippen LogP contribution in [0.2, 0.25) is 10.0 Å². The molecule has 0 radical (unpaired) electrons. The predicted molar refractivity (Wildman–Crippen MR) is 147 cm³/mol. The van der Waals surface area contributed by atoms with Crippen molar-refractivity contribution in [1.82, 2.24) is 29.1 Å². The number of hydrogen-bond acceptors (Lipinski definition) is 7. The molecule has 10 nitrogen and oxygen atoms in total. The first-order chi connectivity index (χ1) is 19.1. The number of para-hydroxylation sites is 1. The van der Waals surface area contributed by atoms with Gasteiger partial charge in [-0.15, -0.1) is 10.2 Å². The van der Waals surface area contributed by atoms with Crippen molar-refractivity contribution < 1.29 is 23.0 Å². The van der Waals surface area contributed by atoms with E-state index in [-0.39, 0.29) is 30.6 Å². The second kappa shape index (κ2) is 11.9. The molecule has 2 heterocycles. The number of ether oxygens (including phenoxy) is 1. The van der Waals surface area contributed by atoms with Crippen molar-refractivity contribution in [3.05, 3.63) is 80.7 Å². The Hall–Kier alpha value is -3.23. The number of halogens is 5. The van der Waals surface area contributed by atoms with Crippen LogP contribution in [0, 0.1) is 0 Å². The number of aliphatic hydroxyl groups excluding tert-OH is 1. The van der Waals surface area contributed by atoms with E-state index in [1.165, 1.54) is 28.9 Å². The number of aromatic nitrogens is 6. The third-order valence-electron chi connectivity index (χ3n) is 5.83. The maximum Gasteiger partial charge on any atom is 0.416 e. The molecule has 0 amide bonds. The minimum atomic E-state index is -4.95. The first-order valence-electron chi connectivity index (χ1n) is 12.4. The zero-order valence-corrected chi connectivity index (χ0v) is 23.8. The van der Waals surface area contributed by atoms with Gasteiger partial charge in [-0.3, -0.25) is 4.57 Å². The molecule has 0 saturated carbocycles. The van der Waals surface area contributed by atoms with E-state index < -0.39 is 36.2 Å². The molecule has 2 atom stereocenters. The van der Waals surface area contributed by atoms with Crippen LogP contribution in [0.1, 0.15) is 38.5 Å². The third-order valence-corrected chi connectivity index (χ3v) is 6.41. The molecule has 0 spiro atoms. The Kier molecular flexibility index (Phi) is 8.95. The van der Waals surface area contributed by atoms with Gasteiger partial charge in [0, 0.05) is 10.6 Å². The standard InChI is InChI=1S/C26H28Cl2F3N7O3/c1-25(2,3)41-14-18(32)23-33-21(34-38(23)19-7-5-4-6-17(19)28)13-37-24(40)36(12-20(39)26(29,30)31)22(35-37)15-8-10-16(27)11-9-15/h4-11,18,20,39H,12-14,32H2,1-3H3/t18-,20-/m0/s1. The summed E-state index contributed by atoms with van der Waals surface area (Å²) in [5, 5.41) is 19.2. The molecule has 0 fully saturated rings. The summed E-state index contributed by atoms with van der Waals surface area (Å²) >= 11 is 12.4. The zero-order valence-electron chi connectivity index (χ0n) is 22.3. The van der Waals surface area contributed by atoms with Gasteiger partial charge in [-0.05, 0) is 57.2 Å². The van der Waals surface area contributed by atoms with Crippen molar-refractivity contribution in [3.63, 3.8) is 0 Å². The van der Waals surface area contributed by atoms with Gasteiger partial charge < -0.3 is 15.6 Å². The molecule has 3 N–H and O–H groups in total. The van der Waals surface area contributed by atoms with Gasteiger partial charge in [0.15, 0.2) is 23.6 Å². The number of nitrogens with zero attached hydrogens (tertiary/aromatic N) is 6. The highest BCUT2D eigenvalue weighted by molar-refractivity contribution is 6.32. The lowest BCUT2D eigenvalue weighted by Crippen LogP contribution is -2.37. The first kappa shape index (κ1) is 30.7. The third kappa shape index (κ3) is 7.35. The topological polar surface area (TPSA) is 126 Å². The van der Waals surface area contributed by atoms with Crippen LogP contribution in [-0.4, -0.2) is 58.7 Å². The molecular weight excluding hydrogens is 586 g/mol. The molecule has 0 unspecified atom stereocenters. The Labute approximate surface area is 243 Å². The molecule has 2 aromatic heterocycles. The quantitative estimate of drug-likeness (QED) is 0.287. The normalized spacial score (nSPS) is 13.9. The van der Waals surface area contributed by atoms with Crippen molar-refractivity contribution in [2.75, 3.05) is 6.61 Å². The van der Waals surface area contributed by atoms with Crippen LogP contribution < -0.4 is 11.4 Å². The average molecular weight is 614 g/mol. The Bertz CT molecular complexity index is 1560. The van der Waals surface area contributed by atoms with Gasteiger partial charge in [-0.2, -0.15) is 13.2 Å². The number of aliphatic hydroxyl groups is 1. The van der Waals surface area contributed by atoms with Gasteiger partial charge in [0.1, 0.15) is 6.54 Å². The van der Waals surface area contributed by atoms with E-state index in [1.54, 1.807) is 24.3 Å². The molecule has 2 aromatic carbocycles. The van der Waals surface area contributed by atoms with Crippen LogP contribution in [0.5, 0.6) is 0 Å². The highest BCUT2D eigenvalue weighted by Gasteiger charge is 2.39. The molecular formula is C26H28Cl2F3N7O3. The van der Waals surface area contributed by atoms with Gasteiger partial charge in [0.2, 0.25) is 0 Å². The van der Waals surface area contributed by atoms with Gasteiger partial charge in [0.25, 0.3) is 0 Å². The van der Waals surface area contributed by atoms with E-state index in [9.17, 15) is 23.1 Å². The van der Waals surface area contributed by atoms with Crippen molar-refractivity contribution >= 4 is 23.2 Å². The van der Waals surface area contributed by atoms with Crippen LogP contribution in [0.25, 0.3) is 17.1 Å². The Balaban J connectivity index is 1.77. The monoisotopic (exact) mass is 613 g/mol. The molecule has 41 heavy (non-hydrogen) atoms. The fourth-order valence-electron chi connectivity index (χ4n) is 3.82. The van der Waals surface area contributed by atoms with Crippen molar-refractivity contribution in [2.24, 2.45) is 5.73 Å². The maximum absolute atomic E-state index is 13.3. The molecule has 220 valence electrons. The highest BCUT2D eigenvalue weighted by Crippen LogP contribution is 2.26. The van der Waals surface area contributed by atoms with Gasteiger partial charge in [-0.25, -0.2) is 19.1 Å². The summed E-state index contributed by atoms with van der Waals surface area (Å²) in [6, 6.07) is 12.1. The molecule has 0 aliphatic heterocycles. The molecule has 0 saturated heterocycles. The molecule has 0 aliphatic rings. The van der Waals surface area contributed by atoms with Crippen LogP contribution in [0.3, 0.4) is 0 Å². The molecule has 0 aliphatic carbocycles. The molecule has 15 heteroatoms. The SMILES string of the molecule is CC(C)(C)OC[C@H](N)c1nc(Cn2nc(-c3ccc(Cl)cc3)n(C[C@H](O)C(F)(F)F)c2=O)nn1-c1ccccc1Cl. The van der Waals surface area contributed by atoms with Crippen LogP contribution >= 0.6 is 23.2 Å². The van der Waals surface area contributed by atoms with Gasteiger partial charge in [-0.1, -0.05) is 35.3 Å². The largest absolute Gasteiger partial charge is 0.416 e. The zero-order chi connectivity index (χ0) is 30.1. The summed E-state index contributed by atoms with van der Waals surface area (Å²) < 4.78 is 48.5. The number of hydrogen-bond donors (Lipinski definition) is 2. The van der Waals surface area contributed by atoms with Crippen LogP contribution in [0.15, 0.2) is 53.3 Å². The Morgan fingerprint density at radius 2 is 1.71 bits per heavy atom. The van der Waals surface area contributed by atoms with Crippen molar-refractivity contribution in [1.29, 1.82) is 0 Å². The maximum atomic E-state index is 13.3. The number of alkyl halides is 3. The summed E-state index contributed by atoms with van der Waals surface area (Å²) in [6.45, 7) is 4.34. The van der Waals surface area contributed by atoms with Crippen LogP contribution in [0.4, 0.5) is 13.2 Å². The average Bonchev–Trinajstić information content (AvgIpc) is 3.44. The Morgan fingerprint density at radius 1 is 1.05 bits per heavy atom. The first-order valence-corrected chi connectivity index (χ1v) is 13.2. The molecule has 0 bridgehead atoms. The van der Waals surface area contributed by atoms with E-state index in [2.05, 4.69) is 15.2 Å². The summed E-state index contributed by atoms with van der Waals surface area (Å²) in [5.74, 6) is 0.281. The molecule has 4 rings (SSSR count). The van der Waals surface area contributed by atoms with Crippen LogP contribution in [-0.2, 0) is 17.8 Å². The number of nitrogens with two attached hydrogens (primary N) is 1. The predicted octanol–water partition coefficient (Wildman–Crippen LogP) is 4.39. The van der Waals surface area contributed by atoms with E-state index >= 15 is 0 Å². The van der Waals surface area contributed by atoms with Crippen molar-refractivity contribution in [2.45, 2.75) is 57.8 Å². The van der Waals surface area contributed by atoms with E-state index in [0.717, 1.165) is 9.25 Å². The summed E-state index contributed by atoms with van der Waals surface area (Å²) in [5.41, 5.74) is 5.82. The Morgan fingerprint density at radius 3 is 2.32 bits per heavy atom. The summed E-state index contributed by atoms with van der Waals surface area (Å²) in [7, 11) is 0. The lowest BCUT2D eigenvalue weighted by Gasteiger charge is -2.22. The second-order valence-corrected chi connectivity index (χ2v) is 11.1. The van der Waals surface area contributed by atoms with E-state index in [0.29, 0.717) is 21.3 Å². The fraction of sp³-hybridized carbons (Fsp3) is 0.385. The lowest BCUT2D eigenvalue weighted by molar-refractivity contribution is -0.207. The van der Waals surface area contributed by atoms with Gasteiger partial charge in [0.05, 0.1) is 35.5 Å². The lowest BCUT2D eigenvalue weighted by atomic mass is 10.2. The van der Waals surface area contributed by atoms with Gasteiger partial charge >= 0.3 is 11.9 Å². The number of rotatable bonds is 9. The van der Waals surface area contributed by atoms with Crippen molar-refractivity contribution in [3.8, 4) is 17.1 Å². The molecule has 4 aromatic rings. The second-order valence-electron chi connectivity index (χ2n) is 10.2. The van der Waals surface area contributed by atoms with E-state index in [4.69, 9.17) is 33.7 Å². The summed E-state index contributed by atoms with van der Waals surface area (Å²) in [4.78, 5) is 17.8. The smallest absolute Gasteiger partial charge is 0.382 e.